The number of hydrogen-bond acceptors (Lipinski definition) is 6. The molecule has 0 unspecified atom stereocenters. The van der Waals surface area contributed by atoms with E-state index in [4.69, 9.17) is 9.57 Å². The summed E-state index contributed by atoms with van der Waals surface area (Å²) >= 11 is 0. The van der Waals surface area contributed by atoms with Gasteiger partial charge < -0.3 is 10.1 Å². The Bertz CT molecular complexity index is 1500. The SMILES string of the molecule is CC[C@H](C)CN(NC(=O)[C@H](CC(C)C)[C@H](C/C=C/c1ccccc1)C(=O)NOCc1ccccc1)C(=O)CCCNC(=O)OCc1ccccc1. The number of alkyl carbamates (subject to hydrolysis) is 1. The van der Waals surface area contributed by atoms with Crippen LogP contribution in [-0.4, -0.2) is 41.9 Å². The van der Waals surface area contributed by atoms with Crippen molar-refractivity contribution in [1.82, 2.24) is 21.2 Å². The topological polar surface area (TPSA) is 126 Å². The number of nitrogens with one attached hydrogen (secondary N) is 3. The van der Waals surface area contributed by atoms with Gasteiger partial charge in [0.15, 0.2) is 0 Å². The largest absolute Gasteiger partial charge is 0.445 e. The number of amides is 4. The van der Waals surface area contributed by atoms with Gasteiger partial charge in [0.05, 0.1) is 18.4 Å². The summed E-state index contributed by atoms with van der Waals surface area (Å²) in [6.45, 7) is 8.91. The Hall–Kier alpha value is -4.96. The molecule has 274 valence electrons. The van der Waals surface area contributed by atoms with Gasteiger partial charge in [-0.1, -0.05) is 137 Å². The molecule has 0 saturated carbocycles. The first-order valence-electron chi connectivity index (χ1n) is 17.9. The molecule has 0 aliphatic rings. The van der Waals surface area contributed by atoms with Crippen molar-refractivity contribution in [3.8, 4) is 0 Å². The van der Waals surface area contributed by atoms with E-state index in [9.17, 15) is 19.2 Å². The van der Waals surface area contributed by atoms with Crippen LogP contribution >= 0.6 is 0 Å². The van der Waals surface area contributed by atoms with Crippen LogP contribution in [-0.2, 0) is 37.2 Å². The number of hydroxylamine groups is 1. The fourth-order valence-corrected chi connectivity index (χ4v) is 5.38. The molecule has 51 heavy (non-hydrogen) atoms. The number of carbonyl (C=O) groups is 4. The Morgan fingerprint density at radius 1 is 0.784 bits per heavy atom. The first-order chi connectivity index (χ1) is 24.7. The van der Waals surface area contributed by atoms with Crippen molar-refractivity contribution < 1.29 is 28.8 Å². The number of hydrazine groups is 1. The van der Waals surface area contributed by atoms with Gasteiger partial charge in [0.25, 0.3) is 0 Å². The highest BCUT2D eigenvalue weighted by Gasteiger charge is 2.35. The minimum absolute atomic E-state index is 0.0887. The second-order valence-corrected chi connectivity index (χ2v) is 13.2. The highest BCUT2D eigenvalue weighted by atomic mass is 16.6. The molecule has 0 heterocycles. The van der Waals surface area contributed by atoms with E-state index in [1.54, 1.807) is 0 Å². The zero-order valence-corrected chi connectivity index (χ0v) is 30.4. The first kappa shape index (κ1) is 40.5. The molecule has 0 bridgehead atoms. The lowest BCUT2D eigenvalue weighted by atomic mass is 9.82. The van der Waals surface area contributed by atoms with E-state index in [0.717, 1.165) is 23.1 Å². The van der Waals surface area contributed by atoms with E-state index in [1.807, 2.05) is 131 Å². The number of allylic oxidation sites excluding steroid dienone is 1. The molecule has 0 saturated heterocycles. The zero-order valence-electron chi connectivity index (χ0n) is 30.4. The Morgan fingerprint density at radius 2 is 1.39 bits per heavy atom. The number of carbonyl (C=O) groups excluding carboxylic acids is 4. The molecule has 0 spiro atoms. The monoisotopic (exact) mass is 698 g/mol. The number of nitrogens with zero attached hydrogens (tertiary/aromatic N) is 1. The lowest BCUT2D eigenvalue weighted by molar-refractivity contribution is -0.149. The lowest BCUT2D eigenvalue weighted by Gasteiger charge is -2.31. The summed E-state index contributed by atoms with van der Waals surface area (Å²) < 4.78 is 5.25. The molecule has 3 aromatic rings. The fourth-order valence-electron chi connectivity index (χ4n) is 5.38. The van der Waals surface area contributed by atoms with Crippen LogP contribution in [0.25, 0.3) is 6.08 Å². The molecule has 3 rings (SSSR count). The highest BCUT2D eigenvalue weighted by Crippen LogP contribution is 2.26. The third-order valence-corrected chi connectivity index (χ3v) is 8.43. The van der Waals surface area contributed by atoms with Crippen molar-refractivity contribution in [1.29, 1.82) is 0 Å². The minimum Gasteiger partial charge on any atom is -0.445 e. The van der Waals surface area contributed by atoms with Crippen LogP contribution in [0.4, 0.5) is 4.79 Å². The summed E-state index contributed by atoms with van der Waals surface area (Å²) in [5, 5.41) is 4.06. The number of benzene rings is 3. The smallest absolute Gasteiger partial charge is 0.407 e. The van der Waals surface area contributed by atoms with E-state index < -0.39 is 29.7 Å². The standard InChI is InChI=1S/C41H54N4O6/c1-5-32(4)28-45(38(46)25-16-26-42-41(49)50-29-34-19-11-7-12-20-34)43-39(47)37(27-31(2)3)36(24-15-23-33-17-9-6-10-18-33)40(48)44-51-30-35-21-13-8-14-22-35/h6-15,17-23,31-32,36-37H,5,16,24-30H2,1-4H3,(H,42,49)(H,43,47)(H,44,48)/b23-15+/t32-,36-,37+/m0/s1. The van der Waals surface area contributed by atoms with Crippen LogP contribution in [0.15, 0.2) is 97.1 Å². The number of ether oxygens (including phenoxy) is 1. The van der Waals surface area contributed by atoms with Crippen molar-refractivity contribution in [2.75, 3.05) is 13.1 Å². The number of rotatable bonds is 20. The molecule has 3 atom stereocenters. The highest BCUT2D eigenvalue weighted by molar-refractivity contribution is 5.89. The van der Waals surface area contributed by atoms with Crippen LogP contribution in [0.1, 0.15) is 76.5 Å². The predicted octanol–water partition coefficient (Wildman–Crippen LogP) is 7.23. The third kappa shape index (κ3) is 15.6. The van der Waals surface area contributed by atoms with Gasteiger partial charge >= 0.3 is 6.09 Å². The van der Waals surface area contributed by atoms with E-state index in [1.165, 1.54) is 5.01 Å². The Kier molecular flexibility index (Phi) is 18.0. The van der Waals surface area contributed by atoms with Gasteiger partial charge in [0, 0.05) is 19.5 Å². The third-order valence-electron chi connectivity index (χ3n) is 8.43. The van der Waals surface area contributed by atoms with E-state index in [2.05, 4.69) is 16.2 Å². The first-order valence-corrected chi connectivity index (χ1v) is 17.9. The Balaban J connectivity index is 1.69. The average molecular weight is 699 g/mol. The van der Waals surface area contributed by atoms with Crippen molar-refractivity contribution in [3.63, 3.8) is 0 Å². The van der Waals surface area contributed by atoms with Crippen molar-refractivity contribution >= 4 is 29.9 Å². The molecular weight excluding hydrogens is 644 g/mol. The summed E-state index contributed by atoms with van der Waals surface area (Å²) in [5.74, 6) is -2.40. The van der Waals surface area contributed by atoms with Gasteiger partial charge in [-0.15, -0.1) is 0 Å². The van der Waals surface area contributed by atoms with Gasteiger partial charge in [-0.05, 0) is 47.8 Å². The minimum atomic E-state index is -0.769. The number of hydrogen-bond donors (Lipinski definition) is 3. The second-order valence-electron chi connectivity index (χ2n) is 13.2. The quantitative estimate of drug-likeness (QED) is 0.0845. The van der Waals surface area contributed by atoms with Crippen LogP contribution < -0.4 is 16.2 Å². The lowest BCUT2D eigenvalue weighted by Crippen LogP contribution is -2.52. The molecule has 10 heteroatoms. The zero-order chi connectivity index (χ0) is 36.8. The van der Waals surface area contributed by atoms with Crippen LogP contribution in [0.5, 0.6) is 0 Å². The maximum absolute atomic E-state index is 14.1. The van der Waals surface area contributed by atoms with Gasteiger partial charge in [-0.25, -0.2) is 10.3 Å². The van der Waals surface area contributed by atoms with Gasteiger partial charge in [-0.3, -0.25) is 29.7 Å². The molecule has 4 amide bonds. The molecule has 0 fully saturated rings. The molecule has 0 radical (unpaired) electrons. The van der Waals surface area contributed by atoms with Crippen molar-refractivity contribution in [3.05, 3.63) is 114 Å². The predicted molar refractivity (Wildman–Crippen MR) is 199 cm³/mol. The summed E-state index contributed by atoms with van der Waals surface area (Å²) in [4.78, 5) is 59.1. The molecule has 0 aliphatic carbocycles. The van der Waals surface area contributed by atoms with Gasteiger partial charge in [0.1, 0.15) is 6.61 Å². The second kappa shape index (κ2) is 22.7. The summed E-state index contributed by atoms with van der Waals surface area (Å²) in [6.07, 6.45) is 5.23. The molecule has 0 aromatic heterocycles. The van der Waals surface area contributed by atoms with E-state index in [0.29, 0.717) is 19.4 Å². The van der Waals surface area contributed by atoms with Gasteiger partial charge in [0.2, 0.25) is 17.7 Å². The summed E-state index contributed by atoms with van der Waals surface area (Å²) in [6, 6.07) is 28.6. The fraction of sp³-hybridized carbons (Fsp3) is 0.415. The molecule has 3 aromatic carbocycles. The Morgan fingerprint density at radius 3 is 2.00 bits per heavy atom. The summed E-state index contributed by atoms with van der Waals surface area (Å²) in [5.41, 5.74) is 8.23. The maximum atomic E-state index is 14.1. The van der Waals surface area contributed by atoms with E-state index >= 15 is 0 Å². The summed E-state index contributed by atoms with van der Waals surface area (Å²) in [7, 11) is 0. The molecule has 0 aliphatic heterocycles. The van der Waals surface area contributed by atoms with E-state index in [-0.39, 0.29) is 50.3 Å². The molecule has 10 nitrogen and oxygen atoms in total. The normalized spacial score (nSPS) is 12.9. The van der Waals surface area contributed by atoms with Crippen LogP contribution in [0.2, 0.25) is 0 Å². The van der Waals surface area contributed by atoms with Gasteiger partial charge in [-0.2, -0.15) is 0 Å². The van der Waals surface area contributed by atoms with Crippen LogP contribution in [0, 0.1) is 23.7 Å². The molecular formula is C41H54N4O6. The van der Waals surface area contributed by atoms with Crippen molar-refractivity contribution in [2.24, 2.45) is 23.7 Å². The molecule has 3 N–H and O–H groups in total. The van der Waals surface area contributed by atoms with Crippen LogP contribution in [0.3, 0.4) is 0 Å². The average Bonchev–Trinajstić information content (AvgIpc) is 3.14. The van der Waals surface area contributed by atoms with Crippen molar-refractivity contribution in [2.45, 2.75) is 73.0 Å². The Labute approximate surface area is 302 Å². The maximum Gasteiger partial charge on any atom is 0.407 e.